The van der Waals surface area contributed by atoms with Crippen molar-refractivity contribution in [3.05, 3.63) is 29.8 Å². The molecule has 1 aromatic rings. The molecule has 0 aromatic heterocycles. The molecule has 0 spiro atoms. The topological polar surface area (TPSA) is 92.7 Å². The maximum Gasteiger partial charge on any atom is 0.337 e. The van der Waals surface area contributed by atoms with E-state index in [9.17, 15) is 13.2 Å². The molecule has 104 valence electrons. The quantitative estimate of drug-likeness (QED) is 0.775. The minimum absolute atomic E-state index is 0.0109. The zero-order chi connectivity index (χ0) is 14.0. The smallest absolute Gasteiger partial charge is 0.337 e. The van der Waals surface area contributed by atoms with E-state index in [0.29, 0.717) is 12.8 Å². The highest BCUT2D eigenvalue weighted by Gasteiger charge is 2.31. The second kappa shape index (κ2) is 5.28. The lowest BCUT2D eigenvalue weighted by Gasteiger charge is -2.31. The summed E-state index contributed by atoms with van der Waals surface area (Å²) in [6, 6.07) is 5.39. The molecule has 7 heteroatoms. The summed E-state index contributed by atoms with van der Waals surface area (Å²) in [7, 11) is -2.44. The van der Waals surface area contributed by atoms with Gasteiger partial charge in [0, 0.05) is 6.04 Å². The van der Waals surface area contributed by atoms with E-state index < -0.39 is 22.1 Å². The number of sulfonamides is 1. The first-order valence-corrected chi connectivity index (χ1v) is 7.29. The molecule has 0 radical (unpaired) electrons. The highest BCUT2D eigenvalue weighted by Crippen LogP contribution is 2.22. The number of ether oxygens (including phenoxy) is 1. The Bertz CT molecular complexity index is 578. The van der Waals surface area contributed by atoms with Gasteiger partial charge in [0.05, 0.1) is 23.7 Å². The SMILES string of the molecule is COC(=O)c1cccc(S(=O)(=O)NC2CC(O)C2)c1. The molecule has 0 aliphatic heterocycles. The normalized spacial score (nSPS) is 22.6. The summed E-state index contributed by atoms with van der Waals surface area (Å²) >= 11 is 0. The fraction of sp³-hybridized carbons (Fsp3) is 0.417. The van der Waals surface area contributed by atoms with Crippen LogP contribution in [0, 0.1) is 0 Å². The van der Waals surface area contributed by atoms with Gasteiger partial charge in [-0.2, -0.15) is 0 Å². The summed E-state index contributed by atoms with van der Waals surface area (Å²) in [5, 5.41) is 9.14. The third-order valence-electron chi connectivity index (χ3n) is 3.00. The molecule has 0 bridgehead atoms. The molecule has 1 aliphatic rings. The maximum absolute atomic E-state index is 12.1. The van der Waals surface area contributed by atoms with Crippen LogP contribution in [0.5, 0.6) is 0 Å². The van der Waals surface area contributed by atoms with Crippen LogP contribution in [0.25, 0.3) is 0 Å². The van der Waals surface area contributed by atoms with Gasteiger partial charge in [-0.1, -0.05) is 6.07 Å². The number of rotatable bonds is 4. The summed E-state index contributed by atoms with van der Waals surface area (Å²) in [6.45, 7) is 0. The molecule has 0 atom stereocenters. The number of aliphatic hydroxyl groups excluding tert-OH is 1. The number of nitrogens with one attached hydrogen (secondary N) is 1. The molecule has 0 saturated heterocycles. The van der Waals surface area contributed by atoms with Crippen LogP contribution in [-0.4, -0.2) is 38.7 Å². The van der Waals surface area contributed by atoms with Crippen LogP contribution in [0.4, 0.5) is 0 Å². The van der Waals surface area contributed by atoms with Crippen LogP contribution in [-0.2, 0) is 14.8 Å². The van der Waals surface area contributed by atoms with Crippen molar-refractivity contribution in [1.82, 2.24) is 4.72 Å². The summed E-state index contributed by atoms with van der Waals surface area (Å²) in [4.78, 5) is 11.4. The molecule has 0 unspecified atom stereocenters. The van der Waals surface area contributed by atoms with Crippen LogP contribution < -0.4 is 4.72 Å². The van der Waals surface area contributed by atoms with Gasteiger partial charge < -0.3 is 9.84 Å². The summed E-state index contributed by atoms with van der Waals surface area (Å²) in [6.07, 6.45) is 0.389. The number of hydrogen-bond donors (Lipinski definition) is 2. The molecule has 2 rings (SSSR count). The standard InChI is InChI=1S/C12H15NO5S/c1-18-12(15)8-3-2-4-11(5-8)19(16,17)13-9-6-10(14)7-9/h2-5,9-10,13-14H,6-7H2,1H3. The van der Waals surface area contributed by atoms with Crippen molar-refractivity contribution >= 4 is 16.0 Å². The third kappa shape index (κ3) is 3.12. The second-order valence-corrected chi connectivity index (χ2v) is 6.18. The Morgan fingerprint density at radius 1 is 1.42 bits per heavy atom. The molecule has 2 N–H and O–H groups in total. The highest BCUT2D eigenvalue weighted by molar-refractivity contribution is 7.89. The molecule has 1 aliphatic carbocycles. The first kappa shape index (κ1) is 14.0. The fourth-order valence-corrected chi connectivity index (χ4v) is 3.19. The Labute approximate surface area is 111 Å². The van der Waals surface area contributed by atoms with Crippen LogP contribution in [0.3, 0.4) is 0 Å². The van der Waals surface area contributed by atoms with E-state index in [0.717, 1.165) is 0 Å². The van der Waals surface area contributed by atoms with Crippen LogP contribution in [0.2, 0.25) is 0 Å². The minimum Gasteiger partial charge on any atom is -0.465 e. The Balaban J connectivity index is 2.18. The van der Waals surface area contributed by atoms with Crippen molar-refractivity contribution in [2.75, 3.05) is 7.11 Å². The van der Waals surface area contributed by atoms with Gasteiger partial charge in [-0.3, -0.25) is 0 Å². The molecule has 1 aromatic carbocycles. The molecule has 1 fully saturated rings. The molecular weight excluding hydrogens is 270 g/mol. The number of aliphatic hydroxyl groups is 1. The van der Waals surface area contributed by atoms with Gasteiger partial charge in [0.2, 0.25) is 10.0 Å². The average molecular weight is 285 g/mol. The Morgan fingerprint density at radius 3 is 2.68 bits per heavy atom. The third-order valence-corrected chi connectivity index (χ3v) is 4.52. The Morgan fingerprint density at radius 2 is 2.11 bits per heavy atom. The number of carbonyl (C=O) groups is 1. The van der Waals surface area contributed by atoms with Crippen molar-refractivity contribution in [3.8, 4) is 0 Å². The maximum atomic E-state index is 12.1. The van der Waals surface area contributed by atoms with Gasteiger partial charge in [0.25, 0.3) is 0 Å². The second-order valence-electron chi connectivity index (χ2n) is 4.46. The van der Waals surface area contributed by atoms with E-state index in [2.05, 4.69) is 9.46 Å². The lowest BCUT2D eigenvalue weighted by molar-refractivity contribution is 0.0600. The van der Waals surface area contributed by atoms with Gasteiger partial charge in [0.15, 0.2) is 0 Å². The Kier molecular flexibility index (Phi) is 3.88. The van der Waals surface area contributed by atoms with E-state index >= 15 is 0 Å². The first-order valence-electron chi connectivity index (χ1n) is 5.81. The monoisotopic (exact) mass is 285 g/mol. The average Bonchev–Trinajstić information content (AvgIpc) is 2.36. The van der Waals surface area contributed by atoms with Gasteiger partial charge in [-0.05, 0) is 31.0 Å². The molecular formula is C12H15NO5S. The van der Waals surface area contributed by atoms with E-state index in [1.165, 1.54) is 31.4 Å². The first-order chi connectivity index (χ1) is 8.92. The van der Waals surface area contributed by atoms with Gasteiger partial charge in [0.1, 0.15) is 0 Å². The number of methoxy groups -OCH3 is 1. The zero-order valence-electron chi connectivity index (χ0n) is 10.4. The molecule has 0 heterocycles. The van der Waals surface area contributed by atoms with Crippen molar-refractivity contribution in [2.24, 2.45) is 0 Å². The predicted octanol–water partition coefficient (Wildman–Crippen LogP) is 0.275. The molecule has 19 heavy (non-hydrogen) atoms. The van der Waals surface area contributed by atoms with Crippen molar-refractivity contribution < 1.29 is 23.1 Å². The van der Waals surface area contributed by atoms with Gasteiger partial charge >= 0.3 is 5.97 Å². The highest BCUT2D eigenvalue weighted by atomic mass is 32.2. The van der Waals surface area contributed by atoms with Crippen molar-refractivity contribution in [3.63, 3.8) is 0 Å². The summed E-state index contributed by atoms with van der Waals surface area (Å²) < 4.78 is 31.1. The van der Waals surface area contributed by atoms with Crippen molar-refractivity contribution in [1.29, 1.82) is 0 Å². The van der Waals surface area contributed by atoms with Gasteiger partial charge in [-0.15, -0.1) is 0 Å². The van der Waals surface area contributed by atoms with Crippen LogP contribution in [0.1, 0.15) is 23.2 Å². The number of esters is 1. The van der Waals surface area contributed by atoms with Crippen LogP contribution >= 0.6 is 0 Å². The summed E-state index contributed by atoms with van der Waals surface area (Å²) in [5.41, 5.74) is 0.180. The minimum atomic E-state index is -3.68. The fourth-order valence-electron chi connectivity index (χ4n) is 1.88. The molecule has 0 amide bonds. The van der Waals surface area contributed by atoms with Gasteiger partial charge in [-0.25, -0.2) is 17.9 Å². The lowest BCUT2D eigenvalue weighted by Crippen LogP contribution is -2.46. The number of carbonyl (C=O) groups excluding carboxylic acids is 1. The predicted molar refractivity (Wildman–Crippen MR) is 67.1 cm³/mol. The van der Waals surface area contributed by atoms with Crippen molar-refractivity contribution in [2.45, 2.75) is 29.9 Å². The zero-order valence-corrected chi connectivity index (χ0v) is 11.2. The summed E-state index contributed by atoms with van der Waals surface area (Å²) in [5.74, 6) is -0.587. The van der Waals surface area contributed by atoms with E-state index in [-0.39, 0.29) is 16.5 Å². The van der Waals surface area contributed by atoms with E-state index in [4.69, 9.17) is 5.11 Å². The molecule has 6 nitrogen and oxygen atoms in total. The van der Waals surface area contributed by atoms with E-state index in [1.807, 2.05) is 0 Å². The van der Waals surface area contributed by atoms with E-state index in [1.54, 1.807) is 0 Å². The Hall–Kier alpha value is -1.44. The molecule has 1 saturated carbocycles. The number of benzene rings is 1. The number of hydrogen-bond acceptors (Lipinski definition) is 5. The lowest BCUT2D eigenvalue weighted by atomic mass is 9.91. The largest absolute Gasteiger partial charge is 0.465 e. The van der Waals surface area contributed by atoms with Crippen LogP contribution in [0.15, 0.2) is 29.2 Å².